The van der Waals surface area contributed by atoms with Crippen LogP contribution in [0, 0.1) is 6.92 Å². The number of hydrogen-bond donors (Lipinski definition) is 2. The van der Waals surface area contributed by atoms with E-state index in [-0.39, 0.29) is 18.1 Å². The van der Waals surface area contributed by atoms with Gasteiger partial charge < -0.3 is 15.4 Å². The molecule has 0 spiro atoms. The van der Waals surface area contributed by atoms with E-state index in [0.717, 1.165) is 35.1 Å². The molecule has 1 atom stereocenters. The molecular formula is C16H24N2O2S. The monoisotopic (exact) mass is 308 g/mol. The molecule has 2 N–H and O–H groups in total. The van der Waals surface area contributed by atoms with E-state index in [1.807, 2.05) is 50.7 Å². The predicted octanol–water partition coefficient (Wildman–Crippen LogP) is 2.82. The Bertz CT molecular complexity index is 485. The quantitative estimate of drug-likeness (QED) is 0.878. The second kappa shape index (κ2) is 7.71. The number of aryl methyl sites for hydroxylation is 1. The van der Waals surface area contributed by atoms with Gasteiger partial charge in [0.15, 0.2) is 0 Å². The van der Waals surface area contributed by atoms with Crippen LogP contribution in [-0.4, -0.2) is 36.1 Å². The Hall–Kier alpha value is -1.20. The van der Waals surface area contributed by atoms with Crippen molar-refractivity contribution in [1.29, 1.82) is 0 Å². The Morgan fingerprint density at radius 3 is 2.95 bits per heavy atom. The first-order chi connectivity index (χ1) is 10.0. The normalized spacial score (nSPS) is 18.6. The lowest BCUT2D eigenvalue weighted by atomic mass is 10.1. The Morgan fingerprint density at radius 1 is 1.52 bits per heavy atom. The van der Waals surface area contributed by atoms with Crippen molar-refractivity contribution in [1.82, 2.24) is 5.32 Å². The van der Waals surface area contributed by atoms with Crippen LogP contribution < -0.4 is 15.4 Å². The highest BCUT2D eigenvalue weighted by Crippen LogP contribution is 2.23. The minimum Gasteiger partial charge on any atom is -0.491 e. The molecule has 21 heavy (non-hydrogen) atoms. The van der Waals surface area contributed by atoms with Crippen molar-refractivity contribution in [3.05, 3.63) is 23.8 Å². The molecule has 116 valence electrons. The van der Waals surface area contributed by atoms with Gasteiger partial charge in [-0.05, 0) is 44.5 Å². The van der Waals surface area contributed by atoms with Gasteiger partial charge in [-0.3, -0.25) is 4.79 Å². The van der Waals surface area contributed by atoms with Gasteiger partial charge in [-0.1, -0.05) is 0 Å². The molecule has 1 aromatic carbocycles. The first-order valence-electron chi connectivity index (χ1n) is 7.43. The standard InChI is InChI=1S/C16H24N2O2S/c1-11(2)20-15-5-4-13(8-12(15)3)18-16(19)9-14-10-21-7-6-17-14/h4-5,8,11,14,17H,6-7,9-10H2,1-3H3,(H,18,19). The topological polar surface area (TPSA) is 50.4 Å². The van der Waals surface area contributed by atoms with Gasteiger partial charge in [-0.15, -0.1) is 0 Å². The zero-order valence-corrected chi connectivity index (χ0v) is 13.8. The zero-order chi connectivity index (χ0) is 15.2. The second-order valence-electron chi connectivity index (χ2n) is 5.63. The van der Waals surface area contributed by atoms with E-state index >= 15 is 0 Å². The highest BCUT2D eigenvalue weighted by molar-refractivity contribution is 7.99. The molecule has 1 amide bonds. The Morgan fingerprint density at radius 2 is 2.33 bits per heavy atom. The Balaban J connectivity index is 1.89. The summed E-state index contributed by atoms with van der Waals surface area (Å²) in [5, 5.41) is 6.34. The fourth-order valence-corrected chi connectivity index (χ4v) is 3.25. The molecule has 5 heteroatoms. The highest BCUT2D eigenvalue weighted by atomic mass is 32.2. The second-order valence-corrected chi connectivity index (χ2v) is 6.77. The summed E-state index contributed by atoms with van der Waals surface area (Å²) in [5.74, 6) is 3.07. The molecule has 0 aromatic heterocycles. The number of anilines is 1. The van der Waals surface area contributed by atoms with Gasteiger partial charge >= 0.3 is 0 Å². The fourth-order valence-electron chi connectivity index (χ4n) is 2.30. The molecule has 2 rings (SSSR count). The number of nitrogens with one attached hydrogen (secondary N) is 2. The van der Waals surface area contributed by atoms with E-state index in [1.165, 1.54) is 0 Å². The summed E-state index contributed by atoms with van der Waals surface area (Å²) in [6, 6.07) is 6.05. The molecule has 1 aliphatic rings. The summed E-state index contributed by atoms with van der Waals surface area (Å²) < 4.78 is 5.70. The largest absolute Gasteiger partial charge is 0.491 e. The van der Waals surface area contributed by atoms with Crippen molar-refractivity contribution in [2.24, 2.45) is 0 Å². The van der Waals surface area contributed by atoms with Crippen molar-refractivity contribution in [2.45, 2.75) is 39.3 Å². The maximum Gasteiger partial charge on any atom is 0.225 e. The van der Waals surface area contributed by atoms with E-state index in [0.29, 0.717) is 6.42 Å². The van der Waals surface area contributed by atoms with Gasteiger partial charge in [0.2, 0.25) is 5.91 Å². The molecule has 1 unspecified atom stereocenters. The van der Waals surface area contributed by atoms with Crippen LogP contribution in [0.5, 0.6) is 5.75 Å². The molecule has 0 radical (unpaired) electrons. The zero-order valence-electron chi connectivity index (χ0n) is 12.9. The number of ether oxygens (including phenoxy) is 1. The van der Waals surface area contributed by atoms with Gasteiger partial charge in [-0.2, -0.15) is 11.8 Å². The van der Waals surface area contributed by atoms with Crippen LogP contribution in [0.4, 0.5) is 5.69 Å². The van der Waals surface area contributed by atoms with Crippen LogP contribution >= 0.6 is 11.8 Å². The van der Waals surface area contributed by atoms with Gasteiger partial charge in [0, 0.05) is 36.2 Å². The molecular weight excluding hydrogens is 284 g/mol. The van der Waals surface area contributed by atoms with E-state index in [4.69, 9.17) is 4.74 Å². The van der Waals surface area contributed by atoms with Crippen LogP contribution in [0.3, 0.4) is 0 Å². The van der Waals surface area contributed by atoms with Crippen molar-refractivity contribution in [3.8, 4) is 5.75 Å². The lowest BCUT2D eigenvalue weighted by molar-refractivity contribution is -0.116. The minimum atomic E-state index is 0.0620. The maximum atomic E-state index is 12.1. The molecule has 0 saturated carbocycles. The van der Waals surface area contributed by atoms with Crippen molar-refractivity contribution >= 4 is 23.4 Å². The van der Waals surface area contributed by atoms with Crippen LogP contribution in [0.15, 0.2) is 18.2 Å². The summed E-state index contributed by atoms with van der Waals surface area (Å²) in [6.45, 7) is 6.99. The molecule has 1 aromatic rings. The molecule has 0 aliphatic carbocycles. The molecule has 0 bridgehead atoms. The predicted molar refractivity (Wildman–Crippen MR) is 89.3 cm³/mol. The maximum absolute atomic E-state index is 12.1. The van der Waals surface area contributed by atoms with Gasteiger partial charge in [0.25, 0.3) is 0 Å². The Kier molecular flexibility index (Phi) is 5.94. The van der Waals surface area contributed by atoms with E-state index in [9.17, 15) is 4.79 Å². The van der Waals surface area contributed by atoms with Crippen molar-refractivity contribution in [2.75, 3.05) is 23.4 Å². The van der Waals surface area contributed by atoms with Gasteiger partial charge in [0.1, 0.15) is 5.75 Å². The number of thioether (sulfide) groups is 1. The van der Waals surface area contributed by atoms with E-state index in [1.54, 1.807) is 0 Å². The number of rotatable bonds is 5. The third-order valence-corrected chi connectivity index (χ3v) is 4.38. The summed E-state index contributed by atoms with van der Waals surface area (Å²) >= 11 is 1.90. The number of amides is 1. The summed E-state index contributed by atoms with van der Waals surface area (Å²) in [6.07, 6.45) is 0.676. The average Bonchev–Trinajstić information content (AvgIpc) is 2.42. The number of carbonyl (C=O) groups excluding carboxylic acids is 1. The lowest BCUT2D eigenvalue weighted by Gasteiger charge is -2.22. The van der Waals surface area contributed by atoms with Crippen molar-refractivity contribution in [3.63, 3.8) is 0 Å². The molecule has 1 aliphatic heterocycles. The third kappa shape index (κ3) is 5.25. The molecule has 1 saturated heterocycles. The minimum absolute atomic E-state index is 0.0620. The number of benzene rings is 1. The number of hydrogen-bond acceptors (Lipinski definition) is 4. The van der Waals surface area contributed by atoms with Gasteiger partial charge in [0.05, 0.1) is 6.10 Å². The lowest BCUT2D eigenvalue weighted by Crippen LogP contribution is -2.39. The van der Waals surface area contributed by atoms with Crippen LogP contribution in [0.25, 0.3) is 0 Å². The average molecular weight is 308 g/mol. The van der Waals surface area contributed by atoms with Crippen LogP contribution in [-0.2, 0) is 4.79 Å². The SMILES string of the molecule is Cc1cc(NC(=O)CC2CSCCN2)ccc1OC(C)C. The molecule has 1 heterocycles. The summed E-state index contributed by atoms with van der Waals surface area (Å²) in [7, 11) is 0. The molecule has 4 nitrogen and oxygen atoms in total. The van der Waals surface area contributed by atoms with E-state index < -0.39 is 0 Å². The van der Waals surface area contributed by atoms with E-state index in [2.05, 4.69) is 10.6 Å². The van der Waals surface area contributed by atoms with Crippen LogP contribution in [0.1, 0.15) is 25.8 Å². The van der Waals surface area contributed by atoms with Gasteiger partial charge in [-0.25, -0.2) is 0 Å². The molecule has 1 fully saturated rings. The van der Waals surface area contributed by atoms with Crippen LogP contribution in [0.2, 0.25) is 0 Å². The summed E-state index contributed by atoms with van der Waals surface area (Å²) in [4.78, 5) is 12.1. The third-order valence-electron chi connectivity index (χ3n) is 3.25. The Labute approximate surface area is 131 Å². The smallest absolute Gasteiger partial charge is 0.225 e. The first kappa shape index (κ1) is 16.2. The fraction of sp³-hybridized carbons (Fsp3) is 0.562. The summed E-state index contributed by atoms with van der Waals surface area (Å²) in [5.41, 5.74) is 1.87. The van der Waals surface area contributed by atoms with Crippen molar-refractivity contribution < 1.29 is 9.53 Å². The highest BCUT2D eigenvalue weighted by Gasteiger charge is 2.16. The first-order valence-corrected chi connectivity index (χ1v) is 8.58. The number of carbonyl (C=O) groups is 1.